The van der Waals surface area contributed by atoms with Gasteiger partial charge in [-0.25, -0.2) is 4.79 Å². The van der Waals surface area contributed by atoms with Crippen LogP contribution in [0, 0.1) is 5.92 Å². The Labute approximate surface area is 203 Å². The Bertz CT molecular complexity index is 1150. The van der Waals surface area contributed by atoms with E-state index in [1.807, 2.05) is 26.2 Å². The summed E-state index contributed by atoms with van der Waals surface area (Å²) >= 11 is 0. The van der Waals surface area contributed by atoms with Gasteiger partial charge in [-0.1, -0.05) is 51.1 Å². The number of methoxy groups -OCH3 is 1. The smallest absolute Gasteiger partial charge is 0.338 e. The van der Waals surface area contributed by atoms with Gasteiger partial charge < -0.3 is 14.4 Å². The highest BCUT2D eigenvalue weighted by molar-refractivity contribution is 5.92. The van der Waals surface area contributed by atoms with Gasteiger partial charge in [-0.3, -0.25) is 4.90 Å². The number of allylic oxidation sites excluding steroid dienone is 1. The first-order valence-corrected chi connectivity index (χ1v) is 11.8. The summed E-state index contributed by atoms with van der Waals surface area (Å²) < 4.78 is 11.7. The number of carbonyl (C=O) groups is 1. The molecular formula is C29H36N2O3. The first-order valence-electron chi connectivity index (χ1n) is 11.8. The molecule has 0 radical (unpaired) electrons. The molecule has 0 aromatic heterocycles. The molecule has 0 fully saturated rings. The van der Waals surface area contributed by atoms with Crippen molar-refractivity contribution >= 4 is 11.7 Å². The first-order chi connectivity index (χ1) is 16.0. The number of esters is 1. The molecule has 1 heterocycles. The molecular weight excluding hydrogens is 424 g/mol. The van der Waals surface area contributed by atoms with Gasteiger partial charge in [0.25, 0.3) is 0 Å². The number of likely N-dealkylation sites (N-methyl/N-ethyl adjacent to an activating group) is 1. The molecule has 0 amide bonds. The van der Waals surface area contributed by atoms with E-state index in [-0.39, 0.29) is 29.3 Å². The van der Waals surface area contributed by atoms with Crippen LogP contribution in [0.2, 0.25) is 0 Å². The van der Waals surface area contributed by atoms with Crippen molar-refractivity contribution in [3.05, 3.63) is 82.6 Å². The number of rotatable bonds is 4. The number of nitrogens with zero attached hydrogens (tertiary/aromatic N) is 2. The number of hydrogen-bond donors (Lipinski definition) is 0. The van der Waals surface area contributed by atoms with E-state index in [0.717, 1.165) is 28.3 Å². The Hall–Kier alpha value is -3.05. The third-order valence-electron chi connectivity index (χ3n) is 6.87. The van der Waals surface area contributed by atoms with Crippen molar-refractivity contribution in [3.8, 4) is 5.75 Å². The van der Waals surface area contributed by atoms with Crippen LogP contribution in [0.15, 0.2) is 60.4 Å². The maximum absolute atomic E-state index is 12.9. The van der Waals surface area contributed by atoms with E-state index in [0.29, 0.717) is 5.56 Å². The molecule has 34 heavy (non-hydrogen) atoms. The second-order valence-electron chi connectivity index (χ2n) is 10.7. The Morgan fingerprint density at radius 1 is 0.971 bits per heavy atom. The summed E-state index contributed by atoms with van der Waals surface area (Å²) in [4.78, 5) is 17.1. The van der Waals surface area contributed by atoms with Crippen molar-refractivity contribution in [2.45, 2.75) is 38.1 Å². The van der Waals surface area contributed by atoms with E-state index >= 15 is 0 Å². The molecule has 0 N–H and O–H groups in total. The summed E-state index contributed by atoms with van der Waals surface area (Å²) in [6.07, 6.45) is 6.64. The van der Waals surface area contributed by atoms with Crippen molar-refractivity contribution in [3.63, 3.8) is 0 Å². The number of ether oxygens (including phenoxy) is 2. The molecule has 1 aliphatic carbocycles. The van der Waals surface area contributed by atoms with E-state index in [1.54, 1.807) is 0 Å². The molecule has 3 atom stereocenters. The van der Waals surface area contributed by atoms with Crippen LogP contribution in [0.1, 0.15) is 53.7 Å². The van der Waals surface area contributed by atoms with Gasteiger partial charge in [0, 0.05) is 49.3 Å². The number of fused-ring (bicyclic) bond motifs is 2. The SMILES string of the molecule is COC(=O)c1ccc(C(C)(C)C)cc1C1c2ccc(N(C)C)cc2OC2=CC(N(C)C)C=CC21. The molecule has 2 aromatic carbocycles. The minimum absolute atomic E-state index is 0.00692. The highest BCUT2D eigenvalue weighted by Crippen LogP contribution is 2.50. The molecule has 5 heteroatoms. The zero-order chi connectivity index (χ0) is 24.8. The number of carbonyl (C=O) groups excluding carboxylic acids is 1. The van der Waals surface area contributed by atoms with Crippen LogP contribution in [-0.4, -0.2) is 52.2 Å². The fourth-order valence-corrected chi connectivity index (χ4v) is 4.77. The van der Waals surface area contributed by atoms with Crippen LogP contribution < -0.4 is 9.64 Å². The third-order valence-corrected chi connectivity index (χ3v) is 6.87. The van der Waals surface area contributed by atoms with E-state index < -0.39 is 0 Å². The van der Waals surface area contributed by atoms with Gasteiger partial charge in [-0.05, 0) is 48.8 Å². The molecule has 0 saturated carbocycles. The summed E-state index contributed by atoms with van der Waals surface area (Å²) in [6, 6.07) is 12.7. The molecule has 0 spiro atoms. The zero-order valence-corrected chi connectivity index (χ0v) is 21.5. The summed E-state index contributed by atoms with van der Waals surface area (Å²) in [5.74, 6) is 1.37. The molecule has 4 rings (SSSR count). The lowest BCUT2D eigenvalue weighted by molar-refractivity contribution is 0.0598. The highest BCUT2D eigenvalue weighted by atomic mass is 16.5. The van der Waals surface area contributed by atoms with Crippen molar-refractivity contribution in [2.75, 3.05) is 40.2 Å². The Balaban J connectivity index is 1.97. The summed E-state index contributed by atoms with van der Waals surface area (Å²) in [7, 11) is 9.62. The van der Waals surface area contributed by atoms with Crippen molar-refractivity contribution in [2.24, 2.45) is 5.92 Å². The molecule has 0 saturated heterocycles. The van der Waals surface area contributed by atoms with E-state index in [1.165, 1.54) is 12.7 Å². The molecule has 0 bridgehead atoms. The van der Waals surface area contributed by atoms with Crippen LogP contribution in [0.3, 0.4) is 0 Å². The van der Waals surface area contributed by atoms with E-state index in [4.69, 9.17) is 9.47 Å². The maximum atomic E-state index is 12.9. The van der Waals surface area contributed by atoms with Gasteiger partial charge in [0.15, 0.2) is 0 Å². The minimum Gasteiger partial charge on any atom is -0.465 e. The van der Waals surface area contributed by atoms with Crippen LogP contribution >= 0.6 is 0 Å². The average molecular weight is 461 g/mol. The quantitative estimate of drug-likeness (QED) is 0.454. The van der Waals surface area contributed by atoms with Crippen molar-refractivity contribution < 1.29 is 14.3 Å². The highest BCUT2D eigenvalue weighted by Gasteiger charge is 2.39. The second-order valence-corrected chi connectivity index (χ2v) is 10.7. The summed E-state index contributed by atoms with van der Waals surface area (Å²) in [6.45, 7) is 6.58. The topological polar surface area (TPSA) is 42.0 Å². The molecule has 2 aliphatic rings. The van der Waals surface area contributed by atoms with Crippen LogP contribution in [0.5, 0.6) is 5.75 Å². The van der Waals surface area contributed by atoms with Gasteiger partial charge in [-0.15, -0.1) is 0 Å². The van der Waals surface area contributed by atoms with Gasteiger partial charge in [0.2, 0.25) is 0 Å². The van der Waals surface area contributed by atoms with E-state index in [9.17, 15) is 4.79 Å². The van der Waals surface area contributed by atoms with Crippen LogP contribution in [-0.2, 0) is 10.2 Å². The van der Waals surface area contributed by atoms with Crippen molar-refractivity contribution in [1.82, 2.24) is 4.90 Å². The summed E-state index contributed by atoms with van der Waals surface area (Å²) in [5.41, 5.74) is 4.87. The Morgan fingerprint density at radius 2 is 1.71 bits per heavy atom. The lowest BCUT2D eigenvalue weighted by atomic mass is 9.72. The number of hydrogen-bond acceptors (Lipinski definition) is 5. The third kappa shape index (κ3) is 4.37. The Morgan fingerprint density at radius 3 is 2.32 bits per heavy atom. The van der Waals surface area contributed by atoms with Crippen LogP contribution in [0.4, 0.5) is 5.69 Å². The lowest BCUT2D eigenvalue weighted by Crippen LogP contribution is -2.33. The number of benzene rings is 2. The Kier molecular flexibility index (Phi) is 6.34. The summed E-state index contributed by atoms with van der Waals surface area (Å²) in [5, 5.41) is 0. The average Bonchev–Trinajstić information content (AvgIpc) is 2.80. The zero-order valence-electron chi connectivity index (χ0n) is 21.5. The monoisotopic (exact) mass is 460 g/mol. The predicted octanol–water partition coefficient (Wildman–Crippen LogP) is 5.36. The van der Waals surface area contributed by atoms with Gasteiger partial charge in [0.05, 0.1) is 12.7 Å². The standard InChI is InChI=1S/C29H36N2O3/c1-29(2,3)18-9-12-21(28(32)33-8)24(15-18)27-22-13-10-19(30(4)5)16-25(22)34-26-17-20(31(6)7)11-14-23(26)27/h9-17,19,22,27H,1-8H3. The molecule has 1 aliphatic heterocycles. The normalized spacial score (nSPS) is 21.3. The minimum atomic E-state index is -0.315. The van der Waals surface area contributed by atoms with E-state index in [2.05, 4.69) is 87.2 Å². The molecule has 2 aromatic rings. The maximum Gasteiger partial charge on any atom is 0.338 e. The van der Waals surface area contributed by atoms with Crippen LogP contribution in [0.25, 0.3) is 0 Å². The second kappa shape index (κ2) is 8.95. The lowest BCUT2D eigenvalue weighted by Gasteiger charge is -2.38. The van der Waals surface area contributed by atoms with Gasteiger partial charge in [-0.2, -0.15) is 0 Å². The largest absolute Gasteiger partial charge is 0.465 e. The number of anilines is 1. The van der Waals surface area contributed by atoms with Crippen molar-refractivity contribution in [1.29, 1.82) is 0 Å². The fraction of sp³-hybridized carbons (Fsp3) is 0.414. The predicted molar refractivity (Wildman–Crippen MR) is 138 cm³/mol. The first kappa shape index (κ1) is 24.1. The fourth-order valence-electron chi connectivity index (χ4n) is 4.77. The molecule has 3 unspecified atom stereocenters. The van der Waals surface area contributed by atoms with Gasteiger partial charge in [0.1, 0.15) is 11.5 Å². The molecule has 5 nitrogen and oxygen atoms in total. The van der Waals surface area contributed by atoms with Gasteiger partial charge >= 0.3 is 5.97 Å². The molecule has 180 valence electrons.